The molecule has 1 aromatic carbocycles. The largest absolute Gasteiger partial charge is 0.324 e. The second-order valence-electron chi connectivity index (χ2n) is 6.37. The number of nitrogens with two attached hydrogens (primary N) is 1. The third-order valence-electron chi connectivity index (χ3n) is 4.56. The number of rotatable bonds is 2. The summed E-state index contributed by atoms with van der Waals surface area (Å²) >= 11 is 0. The van der Waals surface area contributed by atoms with Crippen LogP contribution in [-0.4, -0.2) is 0 Å². The van der Waals surface area contributed by atoms with Gasteiger partial charge in [0.15, 0.2) is 0 Å². The molecule has 18 heavy (non-hydrogen) atoms. The zero-order chi connectivity index (χ0) is 13.3. The highest BCUT2D eigenvalue weighted by molar-refractivity contribution is 5.39. The fraction of sp³-hybridized carbons (Fsp3) is 0.647. The van der Waals surface area contributed by atoms with Crippen molar-refractivity contribution in [1.29, 1.82) is 0 Å². The van der Waals surface area contributed by atoms with Crippen LogP contribution in [0.4, 0.5) is 0 Å². The lowest BCUT2D eigenvalue weighted by atomic mass is 9.75. The molecule has 2 rings (SSSR count). The maximum absolute atomic E-state index is 6.58. The first-order valence-corrected chi connectivity index (χ1v) is 7.32. The maximum Gasteiger partial charge on any atom is 0.0328 e. The summed E-state index contributed by atoms with van der Waals surface area (Å²) in [5.74, 6) is 1.52. The molecule has 2 N–H and O–H groups in total. The lowest BCUT2D eigenvalue weighted by Crippen LogP contribution is -2.27. The highest BCUT2D eigenvalue weighted by Crippen LogP contribution is 2.37. The normalized spacial score (nSPS) is 26.1. The minimum Gasteiger partial charge on any atom is -0.324 e. The van der Waals surface area contributed by atoms with Gasteiger partial charge in [-0.1, -0.05) is 37.5 Å². The summed E-state index contributed by atoms with van der Waals surface area (Å²) in [5, 5.41) is 0. The van der Waals surface area contributed by atoms with E-state index in [0.29, 0.717) is 5.92 Å². The van der Waals surface area contributed by atoms with Crippen LogP contribution in [0.15, 0.2) is 12.1 Å². The third kappa shape index (κ3) is 2.77. The number of hydrogen-bond acceptors (Lipinski definition) is 1. The Balaban J connectivity index is 2.25. The van der Waals surface area contributed by atoms with Gasteiger partial charge in [-0.05, 0) is 62.1 Å². The molecule has 0 aliphatic heterocycles. The topological polar surface area (TPSA) is 26.0 Å². The summed E-state index contributed by atoms with van der Waals surface area (Å²) in [7, 11) is 0. The highest BCUT2D eigenvalue weighted by Gasteiger charge is 2.27. The van der Waals surface area contributed by atoms with Crippen molar-refractivity contribution in [2.45, 2.75) is 59.4 Å². The van der Waals surface area contributed by atoms with Gasteiger partial charge in [0.1, 0.15) is 0 Å². The van der Waals surface area contributed by atoms with Crippen LogP contribution in [0.5, 0.6) is 0 Å². The summed E-state index contributed by atoms with van der Waals surface area (Å²) in [6, 6.07) is 4.77. The molecule has 1 heteroatoms. The van der Waals surface area contributed by atoms with Gasteiger partial charge in [0.25, 0.3) is 0 Å². The molecular formula is C17H27N. The van der Waals surface area contributed by atoms with E-state index in [1.807, 2.05) is 0 Å². The van der Waals surface area contributed by atoms with Crippen LogP contribution in [-0.2, 0) is 0 Å². The molecule has 1 nitrogen and oxygen atoms in total. The lowest BCUT2D eigenvalue weighted by Gasteiger charge is -2.33. The van der Waals surface area contributed by atoms with Crippen molar-refractivity contribution in [3.8, 4) is 0 Å². The minimum absolute atomic E-state index is 0.230. The zero-order valence-corrected chi connectivity index (χ0v) is 12.3. The van der Waals surface area contributed by atoms with Crippen molar-refractivity contribution in [2.24, 2.45) is 17.6 Å². The molecule has 0 bridgehead atoms. The summed E-state index contributed by atoms with van der Waals surface area (Å²) in [6.07, 6.45) is 5.34. The third-order valence-corrected chi connectivity index (χ3v) is 4.56. The maximum atomic E-state index is 6.58. The highest BCUT2D eigenvalue weighted by atomic mass is 14.7. The van der Waals surface area contributed by atoms with Crippen molar-refractivity contribution in [3.05, 3.63) is 34.4 Å². The molecule has 0 spiro atoms. The average molecular weight is 245 g/mol. The van der Waals surface area contributed by atoms with E-state index in [4.69, 9.17) is 5.73 Å². The Bertz CT molecular complexity index is 399. The predicted molar refractivity (Wildman–Crippen MR) is 78.7 cm³/mol. The second kappa shape index (κ2) is 5.44. The van der Waals surface area contributed by atoms with Crippen LogP contribution in [0.25, 0.3) is 0 Å². The molecular weight excluding hydrogens is 218 g/mol. The van der Waals surface area contributed by atoms with Crippen molar-refractivity contribution in [1.82, 2.24) is 0 Å². The number of aryl methyl sites for hydroxylation is 3. The molecule has 100 valence electrons. The van der Waals surface area contributed by atoms with Gasteiger partial charge in [-0.25, -0.2) is 0 Å². The molecule has 3 unspecified atom stereocenters. The van der Waals surface area contributed by atoms with E-state index in [0.717, 1.165) is 5.92 Å². The molecule has 0 radical (unpaired) electrons. The molecule has 1 saturated carbocycles. The van der Waals surface area contributed by atoms with E-state index in [9.17, 15) is 0 Å². The van der Waals surface area contributed by atoms with Crippen LogP contribution in [0.1, 0.15) is 60.9 Å². The molecule has 1 fully saturated rings. The quantitative estimate of drug-likeness (QED) is 0.819. The van der Waals surface area contributed by atoms with Crippen LogP contribution >= 0.6 is 0 Å². The van der Waals surface area contributed by atoms with Crippen LogP contribution < -0.4 is 5.73 Å². The first-order valence-electron chi connectivity index (χ1n) is 7.32. The zero-order valence-electron chi connectivity index (χ0n) is 12.3. The monoisotopic (exact) mass is 245 g/mol. The van der Waals surface area contributed by atoms with Crippen molar-refractivity contribution in [2.75, 3.05) is 0 Å². The molecule has 1 aliphatic rings. The van der Waals surface area contributed by atoms with Gasteiger partial charge in [-0.2, -0.15) is 0 Å². The summed E-state index contributed by atoms with van der Waals surface area (Å²) in [4.78, 5) is 0. The second-order valence-corrected chi connectivity index (χ2v) is 6.37. The summed E-state index contributed by atoms with van der Waals surface area (Å²) in [6.45, 7) is 8.95. The van der Waals surface area contributed by atoms with Crippen LogP contribution in [0.3, 0.4) is 0 Å². The summed E-state index contributed by atoms with van der Waals surface area (Å²) < 4.78 is 0. The number of hydrogen-bond donors (Lipinski definition) is 1. The van der Waals surface area contributed by atoms with Gasteiger partial charge in [0, 0.05) is 6.04 Å². The molecule has 3 atom stereocenters. The summed E-state index contributed by atoms with van der Waals surface area (Å²) in [5.41, 5.74) is 12.1. The van der Waals surface area contributed by atoms with E-state index in [1.165, 1.54) is 47.9 Å². The molecule has 1 aromatic rings. The fourth-order valence-corrected chi connectivity index (χ4v) is 3.76. The van der Waals surface area contributed by atoms with E-state index in [1.54, 1.807) is 0 Å². The fourth-order valence-electron chi connectivity index (χ4n) is 3.76. The molecule has 0 heterocycles. The van der Waals surface area contributed by atoms with Crippen LogP contribution in [0, 0.1) is 32.6 Å². The average Bonchev–Trinajstić information content (AvgIpc) is 2.27. The lowest BCUT2D eigenvalue weighted by molar-refractivity contribution is 0.247. The Labute approximate surface area is 112 Å². The van der Waals surface area contributed by atoms with Gasteiger partial charge in [0.2, 0.25) is 0 Å². The van der Waals surface area contributed by atoms with E-state index in [2.05, 4.69) is 39.8 Å². The Morgan fingerprint density at radius 3 is 2.28 bits per heavy atom. The van der Waals surface area contributed by atoms with Gasteiger partial charge >= 0.3 is 0 Å². The van der Waals surface area contributed by atoms with Crippen molar-refractivity contribution in [3.63, 3.8) is 0 Å². The molecule has 1 aliphatic carbocycles. The Hall–Kier alpha value is -0.820. The van der Waals surface area contributed by atoms with Gasteiger partial charge < -0.3 is 5.73 Å². The first kappa shape index (κ1) is 13.6. The molecule has 0 amide bonds. The minimum atomic E-state index is 0.230. The van der Waals surface area contributed by atoms with Crippen molar-refractivity contribution < 1.29 is 0 Å². The van der Waals surface area contributed by atoms with Gasteiger partial charge in [-0.15, -0.1) is 0 Å². The smallest absolute Gasteiger partial charge is 0.0328 e. The molecule has 0 aromatic heterocycles. The Morgan fingerprint density at radius 2 is 1.72 bits per heavy atom. The Kier molecular flexibility index (Phi) is 4.11. The predicted octanol–water partition coefficient (Wildman–Crippen LogP) is 4.44. The number of benzene rings is 1. The van der Waals surface area contributed by atoms with E-state index >= 15 is 0 Å². The van der Waals surface area contributed by atoms with Gasteiger partial charge in [-0.3, -0.25) is 0 Å². The van der Waals surface area contributed by atoms with E-state index < -0.39 is 0 Å². The SMILES string of the molecule is Cc1cc(C)c(C(N)C2CCCC(C)C2)c(C)c1. The van der Waals surface area contributed by atoms with Crippen molar-refractivity contribution >= 4 is 0 Å². The van der Waals surface area contributed by atoms with Crippen LogP contribution in [0.2, 0.25) is 0 Å². The first-order chi connectivity index (χ1) is 8.49. The van der Waals surface area contributed by atoms with E-state index in [-0.39, 0.29) is 6.04 Å². The van der Waals surface area contributed by atoms with Gasteiger partial charge in [0.05, 0.1) is 0 Å². The standard InChI is InChI=1S/C17H27N/c1-11-6-5-7-15(10-11)17(18)16-13(3)8-12(2)9-14(16)4/h8-9,11,15,17H,5-7,10,18H2,1-4H3. The molecule has 0 saturated heterocycles. The Morgan fingerprint density at radius 1 is 1.11 bits per heavy atom.